The molecule has 0 aromatic carbocycles. The van der Waals surface area contributed by atoms with Gasteiger partial charge in [0.2, 0.25) is 0 Å². The molecule has 0 spiro atoms. The largest absolute Gasteiger partial charge is 0.308 e. The van der Waals surface area contributed by atoms with Gasteiger partial charge in [-0.1, -0.05) is 19.9 Å². The summed E-state index contributed by atoms with van der Waals surface area (Å²) in [7, 11) is 0. The van der Waals surface area contributed by atoms with E-state index >= 15 is 0 Å². The number of nitrogens with one attached hydrogen (secondary N) is 1. The first kappa shape index (κ1) is 12.3. The van der Waals surface area contributed by atoms with E-state index in [-0.39, 0.29) is 0 Å². The molecule has 1 aliphatic rings. The van der Waals surface area contributed by atoms with Crippen molar-refractivity contribution in [1.82, 2.24) is 9.88 Å². The van der Waals surface area contributed by atoms with Crippen molar-refractivity contribution in [2.75, 3.05) is 12.0 Å². The van der Waals surface area contributed by atoms with Crippen molar-refractivity contribution in [3.05, 3.63) is 23.9 Å². The van der Waals surface area contributed by atoms with Gasteiger partial charge in [0, 0.05) is 18.8 Å². The molecule has 1 unspecified atom stereocenters. The Kier molecular flexibility index (Phi) is 3.97. The fourth-order valence-electron chi connectivity index (χ4n) is 2.64. The SMILES string of the molecule is CC(C)C1CCCN1Cc1ccc(NN)nc1. The van der Waals surface area contributed by atoms with Gasteiger partial charge in [0.15, 0.2) is 0 Å². The van der Waals surface area contributed by atoms with Crippen molar-refractivity contribution in [2.24, 2.45) is 11.8 Å². The van der Waals surface area contributed by atoms with Crippen molar-refractivity contribution >= 4 is 5.82 Å². The summed E-state index contributed by atoms with van der Waals surface area (Å²) in [5.74, 6) is 6.75. The highest BCUT2D eigenvalue weighted by Gasteiger charge is 2.26. The predicted octanol–water partition coefficient (Wildman–Crippen LogP) is 1.99. The van der Waals surface area contributed by atoms with E-state index in [1.807, 2.05) is 12.3 Å². The summed E-state index contributed by atoms with van der Waals surface area (Å²) in [4.78, 5) is 6.81. The number of pyridine rings is 1. The molecule has 1 fully saturated rings. The number of hydrogen-bond acceptors (Lipinski definition) is 4. The van der Waals surface area contributed by atoms with Crippen LogP contribution in [-0.4, -0.2) is 22.5 Å². The Morgan fingerprint density at radius 2 is 2.35 bits per heavy atom. The summed E-state index contributed by atoms with van der Waals surface area (Å²) < 4.78 is 0. The molecule has 2 heterocycles. The highest BCUT2D eigenvalue weighted by atomic mass is 15.2. The zero-order chi connectivity index (χ0) is 12.3. The Morgan fingerprint density at radius 1 is 1.53 bits per heavy atom. The molecule has 1 atom stereocenters. The van der Waals surface area contributed by atoms with Gasteiger partial charge in [-0.2, -0.15) is 0 Å². The lowest BCUT2D eigenvalue weighted by Crippen LogP contribution is -2.32. The van der Waals surface area contributed by atoms with Gasteiger partial charge in [0.25, 0.3) is 0 Å². The molecule has 4 nitrogen and oxygen atoms in total. The van der Waals surface area contributed by atoms with Gasteiger partial charge in [0.05, 0.1) is 0 Å². The molecule has 1 aromatic rings. The predicted molar refractivity (Wildman–Crippen MR) is 70.3 cm³/mol. The number of rotatable bonds is 4. The summed E-state index contributed by atoms with van der Waals surface area (Å²) >= 11 is 0. The van der Waals surface area contributed by atoms with Crippen LogP contribution >= 0.6 is 0 Å². The van der Waals surface area contributed by atoms with Crippen LogP contribution in [0.3, 0.4) is 0 Å². The molecule has 0 aliphatic carbocycles. The number of likely N-dealkylation sites (tertiary alicyclic amines) is 1. The average Bonchev–Trinajstić information content (AvgIpc) is 2.78. The van der Waals surface area contributed by atoms with Crippen molar-refractivity contribution in [2.45, 2.75) is 39.3 Å². The molecule has 3 N–H and O–H groups in total. The Morgan fingerprint density at radius 3 is 2.94 bits per heavy atom. The van der Waals surface area contributed by atoms with Crippen LogP contribution in [0, 0.1) is 5.92 Å². The second-order valence-corrected chi connectivity index (χ2v) is 5.12. The molecule has 1 saturated heterocycles. The molecular formula is C13H22N4. The first-order chi connectivity index (χ1) is 8.20. The van der Waals surface area contributed by atoms with E-state index in [2.05, 4.69) is 35.2 Å². The maximum Gasteiger partial charge on any atom is 0.139 e. The maximum atomic E-state index is 5.30. The molecule has 94 valence electrons. The van der Waals surface area contributed by atoms with Gasteiger partial charge in [0.1, 0.15) is 5.82 Å². The van der Waals surface area contributed by atoms with Crippen molar-refractivity contribution < 1.29 is 0 Å². The molecule has 17 heavy (non-hydrogen) atoms. The summed E-state index contributed by atoms with van der Waals surface area (Å²) in [5, 5.41) is 0. The number of nitrogen functional groups attached to an aromatic ring is 1. The van der Waals surface area contributed by atoms with Crippen LogP contribution < -0.4 is 11.3 Å². The van der Waals surface area contributed by atoms with E-state index in [1.165, 1.54) is 24.9 Å². The Labute approximate surface area is 103 Å². The summed E-state index contributed by atoms with van der Waals surface area (Å²) in [5.41, 5.74) is 3.81. The second kappa shape index (κ2) is 5.47. The van der Waals surface area contributed by atoms with Gasteiger partial charge < -0.3 is 5.43 Å². The third-order valence-corrected chi connectivity index (χ3v) is 3.54. The van der Waals surface area contributed by atoms with E-state index in [1.54, 1.807) is 0 Å². The third kappa shape index (κ3) is 2.96. The number of nitrogens with two attached hydrogens (primary N) is 1. The van der Waals surface area contributed by atoms with E-state index in [0.29, 0.717) is 0 Å². The summed E-state index contributed by atoms with van der Waals surface area (Å²) in [6.45, 7) is 6.83. The first-order valence-corrected chi connectivity index (χ1v) is 6.36. The molecule has 4 heteroatoms. The number of hydrogen-bond donors (Lipinski definition) is 2. The van der Waals surface area contributed by atoms with E-state index in [4.69, 9.17) is 5.84 Å². The molecule has 0 saturated carbocycles. The van der Waals surface area contributed by atoms with Crippen LogP contribution in [0.15, 0.2) is 18.3 Å². The standard InChI is InChI=1S/C13H22N4/c1-10(2)12-4-3-7-17(12)9-11-5-6-13(16-14)15-8-11/h5-6,8,10,12H,3-4,7,9,14H2,1-2H3,(H,15,16). The summed E-state index contributed by atoms with van der Waals surface area (Å²) in [6.07, 6.45) is 4.55. The van der Waals surface area contributed by atoms with Gasteiger partial charge in [-0.3, -0.25) is 4.90 Å². The highest BCUT2D eigenvalue weighted by Crippen LogP contribution is 2.25. The zero-order valence-corrected chi connectivity index (χ0v) is 10.7. The molecule has 0 amide bonds. The third-order valence-electron chi connectivity index (χ3n) is 3.54. The molecule has 1 aliphatic heterocycles. The van der Waals surface area contributed by atoms with Gasteiger partial charge in [-0.25, -0.2) is 10.8 Å². The van der Waals surface area contributed by atoms with Crippen molar-refractivity contribution in [1.29, 1.82) is 0 Å². The molecule has 1 aromatic heterocycles. The highest BCUT2D eigenvalue weighted by molar-refractivity contribution is 5.33. The van der Waals surface area contributed by atoms with Gasteiger partial charge in [-0.05, 0) is 36.9 Å². The number of hydrazine groups is 1. The minimum atomic E-state index is 0.718. The maximum absolute atomic E-state index is 5.30. The van der Waals surface area contributed by atoms with Crippen LogP contribution in [0.25, 0.3) is 0 Å². The normalized spacial score (nSPS) is 21.1. The van der Waals surface area contributed by atoms with E-state index < -0.39 is 0 Å². The quantitative estimate of drug-likeness (QED) is 0.618. The molecular weight excluding hydrogens is 212 g/mol. The second-order valence-electron chi connectivity index (χ2n) is 5.12. The smallest absolute Gasteiger partial charge is 0.139 e. The number of nitrogens with zero attached hydrogens (tertiary/aromatic N) is 2. The topological polar surface area (TPSA) is 54.2 Å². The molecule has 0 radical (unpaired) electrons. The lowest BCUT2D eigenvalue weighted by atomic mass is 10.0. The van der Waals surface area contributed by atoms with Gasteiger partial charge in [-0.15, -0.1) is 0 Å². The van der Waals surface area contributed by atoms with Crippen LogP contribution in [0.4, 0.5) is 5.82 Å². The minimum absolute atomic E-state index is 0.718. The van der Waals surface area contributed by atoms with E-state index in [0.717, 1.165) is 24.3 Å². The minimum Gasteiger partial charge on any atom is -0.308 e. The Bertz CT molecular complexity index is 347. The average molecular weight is 234 g/mol. The van der Waals surface area contributed by atoms with E-state index in [9.17, 15) is 0 Å². The number of anilines is 1. The molecule has 2 rings (SSSR count). The monoisotopic (exact) mass is 234 g/mol. The van der Waals surface area contributed by atoms with Crippen LogP contribution in [0.5, 0.6) is 0 Å². The molecule has 0 bridgehead atoms. The first-order valence-electron chi connectivity index (χ1n) is 6.36. The fraction of sp³-hybridized carbons (Fsp3) is 0.615. The lowest BCUT2D eigenvalue weighted by Gasteiger charge is -2.27. The Hall–Kier alpha value is -1.13. The Balaban J connectivity index is 1.99. The fourth-order valence-corrected chi connectivity index (χ4v) is 2.64. The lowest BCUT2D eigenvalue weighted by molar-refractivity contribution is 0.198. The van der Waals surface area contributed by atoms with Crippen LogP contribution in [0.2, 0.25) is 0 Å². The van der Waals surface area contributed by atoms with Gasteiger partial charge >= 0.3 is 0 Å². The number of aromatic nitrogens is 1. The summed E-state index contributed by atoms with van der Waals surface area (Å²) in [6, 6.07) is 4.75. The van der Waals surface area contributed by atoms with Crippen LogP contribution in [-0.2, 0) is 6.54 Å². The van der Waals surface area contributed by atoms with Crippen molar-refractivity contribution in [3.63, 3.8) is 0 Å². The van der Waals surface area contributed by atoms with Crippen LogP contribution in [0.1, 0.15) is 32.3 Å². The zero-order valence-electron chi connectivity index (χ0n) is 10.7. The van der Waals surface area contributed by atoms with Crippen molar-refractivity contribution in [3.8, 4) is 0 Å².